The zero-order valence-electron chi connectivity index (χ0n) is 18.0. The Balaban J connectivity index is 1.98. The van der Waals surface area contributed by atoms with Crippen LogP contribution in [-0.4, -0.2) is 22.1 Å². The summed E-state index contributed by atoms with van der Waals surface area (Å²) in [5.41, 5.74) is 0.914. The van der Waals surface area contributed by atoms with Crippen LogP contribution < -0.4 is 14.9 Å². The molecule has 0 N–H and O–H groups in total. The number of thiazole rings is 1. The highest BCUT2D eigenvalue weighted by molar-refractivity contribution is 7.07. The van der Waals surface area contributed by atoms with Crippen LogP contribution in [0, 0.1) is 10.1 Å². The molecule has 0 saturated carbocycles. The van der Waals surface area contributed by atoms with Crippen LogP contribution in [0.5, 0.6) is 0 Å². The minimum absolute atomic E-state index is 0.122. The number of esters is 1. The molecule has 2 heterocycles. The van der Waals surface area contributed by atoms with Gasteiger partial charge in [0.1, 0.15) is 0 Å². The summed E-state index contributed by atoms with van der Waals surface area (Å²) in [5.74, 6) is -0.643. The standard InChI is InChI=1S/C23H17Cl2N3O5S/c1-3-33-22(30)19-12(2)26-23-27(20(19)14-5-4-6-16(9-14)28(31)32)21(29)18(34-23)10-13-7-8-15(24)11-17(13)25/h4-11,20H,3H2,1-2H3. The number of nitro groups is 1. The number of aromatic nitrogens is 1. The Bertz CT molecular complexity index is 1540. The summed E-state index contributed by atoms with van der Waals surface area (Å²) in [6.07, 6.45) is 1.62. The number of carbonyl (C=O) groups excluding carboxylic acids is 1. The molecule has 1 aliphatic heterocycles. The molecule has 0 saturated heterocycles. The maximum atomic E-state index is 13.5. The lowest BCUT2D eigenvalue weighted by molar-refractivity contribution is -0.384. The summed E-state index contributed by atoms with van der Waals surface area (Å²) < 4.78 is 6.91. The number of benzene rings is 2. The highest BCUT2D eigenvalue weighted by Gasteiger charge is 2.34. The Hall–Kier alpha value is -3.27. The third-order valence-corrected chi connectivity index (χ3v) is 6.71. The lowest BCUT2D eigenvalue weighted by Crippen LogP contribution is -2.40. The quantitative estimate of drug-likeness (QED) is 0.289. The minimum atomic E-state index is -0.946. The van der Waals surface area contributed by atoms with E-state index in [4.69, 9.17) is 27.9 Å². The van der Waals surface area contributed by atoms with Crippen molar-refractivity contribution in [2.24, 2.45) is 4.99 Å². The van der Waals surface area contributed by atoms with Gasteiger partial charge in [-0.1, -0.05) is 52.7 Å². The van der Waals surface area contributed by atoms with Crippen LogP contribution in [0.2, 0.25) is 10.0 Å². The molecule has 8 nitrogen and oxygen atoms in total. The van der Waals surface area contributed by atoms with E-state index in [9.17, 15) is 19.7 Å². The second kappa shape index (κ2) is 9.54. The number of rotatable bonds is 5. The summed E-state index contributed by atoms with van der Waals surface area (Å²) in [4.78, 5) is 42.1. The van der Waals surface area contributed by atoms with Gasteiger partial charge in [0.05, 0.1) is 33.4 Å². The Morgan fingerprint density at radius 2 is 2.06 bits per heavy atom. The van der Waals surface area contributed by atoms with Gasteiger partial charge < -0.3 is 4.74 Å². The molecule has 34 heavy (non-hydrogen) atoms. The predicted octanol–water partition coefficient (Wildman–Crippen LogP) is 4.01. The Morgan fingerprint density at radius 1 is 1.29 bits per heavy atom. The fraction of sp³-hybridized carbons (Fsp3) is 0.174. The summed E-state index contributed by atoms with van der Waals surface area (Å²) in [5, 5.41) is 12.2. The number of nitro benzene ring substituents is 1. The van der Waals surface area contributed by atoms with Gasteiger partial charge in [-0.3, -0.25) is 19.5 Å². The average molecular weight is 518 g/mol. The van der Waals surface area contributed by atoms with Gasteiger partial charge in [0.25, 0.3) is 11.2 Å². The van der Waals surface area contributed by atoms with Gasteiger partial charge in [-0.25, -0.2) is 9.79 Å². The molecule has 1 unspecified atom stereocenters. The van der Waals surface area contributed by atoms with E-state index in [1.165, 1.54) is 22.8 Å². The number of non-ortho nitro benzene ring substituents is 1. The van der Waals surface area contributed by atoms with Crippen LogP contribution in [0.1, 0.15) is 31.0 Å². The average Bonchev–Trinajstić information content (AvgIpc) is 3.09. The zero-order chi connectivity index (χ0) is 24.6. The van der Waals surface area contributed by atoms with Gasteiger partial charge in [0.2, 0.25) is 0 Å². The number of allylic oxidation sites excluding steroid dienone is 1. The van der Waals surface area contributed by atoms with Crippen molar-refractivity contribution in [1.29, 1.82) is 0 Å². The third kappa shape index (κ3) is 4.42. The van der Waals surface area contributed by atoms with E-state index < -0.39 is 22.5 Å². The van der Waals surface area contributed by atoms with Gasteiger partial charge in [-0.15, -0.1) is 0 Å². The molecule has 0 spiro atoms. The number of fused-ring (bicyclic) bond motifs is 1. The first-order valence-corrected chi connectivity index (χ1v) is 11.7. The van der Waals surface area contributed by atoms with Crippen LogP contribution in [0.4, 0.5) is 5.69 Å². The first-order valence-electron chi connectivity index (χ1n) is 10.1. The molecule has 0 amide bonds. The molecule has 0 aliphatic carbocycles. The van der Waals surface area contributed by atoms with Crippen molar-refractivity contribution < 1.29 is 14.5 Å². The van der Waals surface area contributed by atoms with Crippen molar-refractivity contribution in [1.82, 2.24) is 4.57 Å². The van der Waals surface area contributed by atoms with Crippen molar-refractivity contribution in [3.05, 3.63) is 105 Å². The smallest absolute Gasteiger partial charge is 0.338 e. The molecule has 1 atom stereocenters. The zero-order valence-corrected chi connectivity index (χ0v) is 20.3. The van der Waals surface area contributed by atoms with Crippen molar-refractivity contribution in [2.75, 3.05) is 6.61 Å². The van der Waals surface area contributed by atoms with E-state index in [0.29, 0.717) is 36.2 Å². The van der Waals surface area contributed by atoms with Gasteiger partial charge >= 0.3 is 5.97 Å². The number of hydrogen-bond acceptors (Lipinski definition) is 7. The van der Waals surface area contributed by atoms with Gasteiger partial charge in [-0.05, 0) is 43.2 Å². The number of nitrogens with zero attached hydrogens (tertiary/aromatic N) is 3. The number of ether oxygens (including phenoxy) is 1. The minimum Gasteiger partial charge on any atom is -0.463 e. The molecular weight excluding hydrogens is 501 g/mol. The molecule has 0 bridgehead atoms. The molecule has 1 aromatic heterocycles. The lowest BCUT2D eigenvalue weighted by atomic mass is 9.95. The first-order chi connectivity index (χ1) is 16.2. The Labute approximate surface area is 207 Å². The molecule has 0 fully saturated rings. The predicted molar refractivity (Wildman–Crippen MR) is 130 cm³/mol. The monoisotopic (exact) mass is 517 g/mol. The third-order valence-electron chi connectivity index (χ3n) is 5.16. The summed E-state index contributed by atoms with van der Waals surface area (Å²) in [7, 11) is 0. The lowest BCUT2D eigenvalue weighted by Gasteiger charge is -2.24. The van der Waals surface area contributed by atoms with E-state index in [-0.39, 0.29) is 17.9 Å². The van der Waals surface area contributed by atoms with E-state index in [2.05, 4.69) is 4.99 Å². The fourth-order valence-corrected chi connectivity index (χ4v) is 5.18. The van der Waals surface area contributed by atoms with Crippen LogP contribution in [0.15, 0.2) is 63.5 Å². The van der Waals surface area contributed by atoms with Crippen LogP contribution in [0.25, 0.3) is 6.08 Å². The fourth-order valence-electron chi connectivity index (χ4n) is 3.68. The van der Waals surface area contributed by atoms with Crippen molar-refractivity contribution in [3.8, 4) is 0 Å². The molecule has 11 heteroatoms. The molecule has 3 aromatic rings. The van der Waals surface area contributed by atoms with E-state index >= 15 is 0 Å². The maximum Gasteiger partial charge on any atom is 0.338 e. The molecule has 2 aromatic carbocycles. The topological polar surface area (TPSA) is 104 Å². The number of carbonyl (C=O) groups is 1. The van der Waals surface area contributed by atoms with Crippen LogP contribution >= 0.6 is 34.5 Å². The normalized spacial score (nSPS) is 15.6. The van der Waals surface area contributed by atoms with Crippen molar-refractivity contribution >= 4 is 52.3 Å². The van der Waals surface area contributed by atoms with Crippen LogP contribution in [0.3, 0.4) is 0 Å². The Kier molecular flexibility index (Phi) is 6.70. The van der Waals surface area contributed by atoms with Gasteiger partial charge in [0, 0.05) is 22.2 Å². The summed E-state index contributed by atoms with van der Waals surface area (Å²) in [6.45, 7) is 3.43. The second-order valence-corrected chi connectivity index (χ2v) is 9.17. The van der Waals surface area contributed by atoms with Gasteiger partial charge in [-0.2, -0.15) is 0 Å². The molecule has 4 rings (SSSR count). The highest BCUT2D eigenvalue weighted by Crippen LogP contribution is 2.32. The largest absolute Gasteiger partial charge is 0.463 e. The molecule has 0 radical (unpaired) electrons. The molecular formula is C23H17Cl2N3O5S. The molecule has 174 valence electrons. The molecule has 1 aliphatic rings. The van der Waals surface area contributed by atoms with E-state index in [0.717, 1.165) is 11.3 Å². The second-order valence-electron chi connectivity index (χ2n) is 7.32. The number of halogens is 2. The van der Waals surface area contributed by atoms with Crippen LogP contribution in [-0.2, 0) is 9.53 Å². The SMILES string of the molecule is CCOC(=O)C1=C(C)N=c2sc(=Cc3ccc(Cl)cc3Cl)c(=O)n2C1c1cccc([N+](=O)[O-])c1. The Morgan fingerprint density at radius 3 is 2.74 bits per heavy atom. The summed E-state index contributed by atoms with van der Waals surface area (Å²) in [6, 6.07) is 9.80. The van der Waals surface area contributed by atoms with Gasteiger partial charge in [0.15, 0.2) is 4.80 Å². The van der Waals surface area contributed by atoms with Crippen molar-refractivity contribution in [3.63, 3.8) is 0 Å². The maximum absolute atomic E-state index is 13.5. The first kappa shape index (κ1) is 23.9. The summed E-state index contributed by atoms with van der Waals surface area (Å²) >= 11 is 13.4. The van der Waals surface area contributed by atoms with Crippen molar-refractivity contribution in [2.45, 2.75) is 19.9 Å². The van der Waals surface area contributed by atoms with E-state index in [1.54, 1.807) is 44.2 Å². The number of hydrogen-bond donors (Lipinski definition) is 0. The highest BCUT2D eigenvalue weighted by atomic mass is 35.5. The van der Waals surface area contributed by atoms with E-state index in [1.807, 2.05) is 0 Å².